The molecule has 0 aliphatic rings. The van der Waals surface area contributed by atoms with Crippen molar-refractivity contribution in [1.29, 1.82) is 0 Å². The zero-order chi connectivity index (χ0) is 21.2. The van der Waals surface area contributed by atoms with Gasteiger partial charge in [-0.15, -0.1) is 0 Å². The average molecular weight is 405 g/mol. The first-order chi connectivity index (χ1) is 15.0. The van der Waals surface area contributed by atoms with E-state index in [0.29, 0.717) is 0 Å². The summed E-state index contributed by atoms with van der Waals surface area (Å²) in [5, 5.41) is 4.54. The lowest BCUT2D eigenvalue weighted by molar-refractivity contribution is 0.557. The zero-order valence-corrected chi connectivity index (χ0v) is 17.8. The molecule has 0 N–H and O–H groups in total. The molecule has 0 bridgehead atoms. The van der Waals surface area contributed by atoms with Crippen molar-refractivity contribution >= 4 is 55.3 Å². The van der Waals surface area contributed by atoms with Crippen molar-refractivity contribution in [2.75, 3.05) is 4.90 Å². The number of fused-ring (bicyclic) bond motifs is 6. The van der Waals surface area contributed by atoms with Gasteiger partial charge in [-0.2, -0.15) is 0 Å². The van der Waals surface area contributed by atoms with E-state index in [2.05, 4.69) is 86.3 Å². The normalized spacial score (nSPS) is 12.4. The Bertz CT molecular complexity index is 1580. The molecule has 0 fully saturated rings. The fraction of sp³-hybridized carbons (Fsp3) is 0.143. The first kappa shape index (κ1) is 18.1. The van der Waals surface area contributed by atoms with Crippen LogP contribution >= 0.6 is 0 Å². The first-order valence-electron chi connectivity index (χ1n) is 10.6. The van der Waals surface area contributed by atoms with Gasteiger partial charge in [-0.25, -0.2) is 0 Å². The molecule has 0 amide bonds. The largest absolute Gasteiger partial charge is 0.456 e. The van der Waals surface area contributed by atoms with Crippen LogP contribution < -0.4 is 4.90 Å². The number of anilines is 2. The molecule has 0 saturated heterocycles. The minimum Gasteiger partial charge on any atom is -0.456 e. The molecule has 0 spiro atoms. The third kappa shape index (κ3) is 2.73. The van der Waals surface area contributed by atoms with Gasteiger partial charge >= 0.3 is 0 Å². The Morgan fingerprint density at radius 3 is 1.94 bits per heavy atom. The van der Waals surface area contributed by atoms with Gasteiger partial charge in [0.2, 0.25) is 0 Å². The van der Waals surface area contributed by atoms with Crippen molar-refractivity contribution < 1.29 is 8.83 Å². The number of furan rings is 2. The quantitative estimate of drug-likeness (QED) is 0.289. The molecule has 6 aromatic rings. The molecule has 31 heavy (non-hydrogen) atoms. The summed E-state index contributed by atoms with van der Waals surface area (Å²) in [4.78, 5) is 2.36. The van der Waals surface area contributed by atoms with Gasteiger partial charge in [0.15, 0.2) is 5.58 Å². The number of hydrogen-bond donors (Lipinski definition) is 0. The molecular formula is C28H23NO2. The summed E-state index contributed by atoms with van der Waals surface area (Å²) < 4.78 is 12.4. The third-order valence-corrected chi connectivity index (χ3v) is 5.91. The molecule has 0 unspecified atom stereocenters. The van der Waals surface area contributed by atoms with E-state index in [1.165, 1.54) is 0 Å². The van der Waals surface area contributed by atoms with Crippen molar-refractivity contribution in [3.05, 3.63) is 84.9 Å². The maximum absolute atomic E-state index is 6.36. The lowest BCUT2D eigenvalue weighted by atomic mass is 10.0. The highest BCUT2D eigenvalue weighted by Crippen LogP contribution is 2.42. The van der Waals surface area contributed by atoms with E-state index in [1.54, 1.807) is 0 Å². The smallest absolute Gasteiger partial charge is 0.159 e. The number of para-hydroxylation sites is 3. The molecule has 0 aliphatic carbocycles. The highest BCUT2D eigenvalue weighted by Gasteiger charge is 2.27. The Kier molecular flexibility index (Phi) is 3.73. The summed E-state index contributed by atoms with van der Waals surface area (Å²) in [6.07, 6.45) is 0. The van der Waals surface area contributed by atoms with Gasteiger partial charge < -0.3 is 13.7 Å². The summed E-state index contributed by atoms with van der Waals surface area (Å²) >= 11 is 0. The monoisotopic (exact) mass is 405 g/mol. The number of nitrogens with zero attached hydrogens (tertiary/aromatic N) is 1. The van der Waals surface area contributed by atoms with Gasteiger partial charge in [0.05, 0.1) is 5.69 Å². The topological polar surface area (TPSA) is 29.5 Å². The van der Waals surface area contributed by atoms with Gasteiger partial charge in [-0.3, -0.25) is 0 Å². The van der Waals surface area contributed by atoms with Crippen LogP contribution in [-0.4, -0.2) is 5.54 Å². The van der Waals surface area contributed by atoms with Crippen LogP contribution in [-0.2, 0) is 0 Å². The molecule has 0 aliphatic heterocycles. The second kappa shape index (κ2) is 6.39. The second-order valence-corrected chi connectivity index (χ2v) is 9.04. The lowest BCUT2D eigenvalue weighted by Crippen LogP contribution is -2.37. The van der Waals surface area contributed by atoms with Crippen molar-refractivity contribution in [3.63, 3.8) is 0 Å². The minimum absolute atomic E-state index is 0.166. The molecule has 3 heteroatoms. The predicted molar refractivity (Wildman–Crippen MR) is 129 cm³/mol. The fourth-order valence-electron chi connectivity index (χ4n) is 4.65. The molecule has 0 radical (unpaired) electrons. The van der Waals surface area contributed by atoms with E-state index >= 15 is 0 Å². The van der Waals surface area contributed by atoms with E-state index in [1.807, 2.05) is 24.3 Å². The third-order valence-electron chi connectivity index (χ3n) is 5.91. The highest BCUT2D eigenvalue weighted by molar-refractivity contribution is 6.10. The Morgan fingerprint density at radius 1 is 0.581 bits per heavy atom. The molecule has 152 valence electrons. The molecular weight excluding hydrogens is 382 g/mol. The van der Waals surface area contributed by atoms with Crippen LogP contribution in [0, 0.1) is 0 Å². The fourth-order valence-corrected chi connectivity index (χ4v) is 4.65. The standard InChI is InChI=1S/C28H23NO2/c1-28(2,3)29(18-15-16-26-22(17-18)20-10-5-6-13-24(20)30-26)23-12-8-11-21-19-9-4-7-14-25(19)31-27(21)23/h4-17H,1-3H3. The lowest BCUT2D eigenvalue weighted by Gasteiger charge is -2.37. The van der Waals surface area contributed by atoms with Crippen molar-refractivity contribution in [2.24, 2.45) is 0 Å². The van der Waals surface area contributed by atoms with Crippen LogP contribution in [0.5, 0.6) is 0 Å². The van der Waals surface area contributed by atoms with Crippen molar-refractivity contribution in [3.8, 4) is 0 Å². The Morgan fingerprint density at radius 2 is 1.19 bits per heavy atom. The van der Waals surface area contributed by atoms with Crippen LogP contribution in [0.2, 0.25) is 0 Å². The van der Waals surface area contributed by atoms with Gasteiger partial charge in [-0.05, 0) is 57.2 Å². The first-order valence-corrected chi connectivity index (χ1v) is 10.6. The molecule has 2 heterocycles. The van der Waals surface area contributed by atoms with Gasteiger partial charge in [0.25, 0.3) is 0 Å². The Hall–Kier alpha value is -3.72. The van der Waals surface area contributed by atoms with Crippen molar-refractivity contribution in [2.45, 2.75) is 26.3 Å². The van der Waals surface area contributed by atoms with Gasteiger partial charge in [0, 0.05) is 32.8 Å². The molecule has 2 aromatic heterocycles. The Labute approximate surface area is 180 Å². The summed E-state index contributed by atoms with van der Waals surface area (Å²) in [6.45, 7) is 6.69. The van der Waals surface area contributed by atoms with E-state index in [-0.39, 0.29) is 5.54 Å². The summed E-state index contributed by atoms with van der Waals surface area (Å²) in [7, 11) is 0. The zero-order valence-electron chi connectivity index (χ0n) is 17.8. The van der Waals surface area contributed by atoms with E-state index in [9.17, 15) is 0 Å². The Balaban J connectivity index is 1.63. The molecule has 3 nitrogen and oxygen atoms in total. The highest BCUT2D eigenvalue weighted by atomic mass is 16.3. The predicted octanol–water partition coefficient (Wildman–Crippen LogP) is 8.42. The maximum Gasteiger partial charge on any atom is 0.159 e. The van der Waals surface area contributed by atoms with Crippen LogP contribution in [0.3, 0.4) is 0 Å². The van der Waals surface area contributed by atoms with Crippen LogP contribution in [0.25, 0.3) is 43.9 Å². The average Bonchev–Trinajstić information content (AvgIpc) is 3.32. The van der Waals surface area contributed by atoms with E-state index < -0.39 is 0 Å². The maximum atomic E-state index is 6.36. The number of rotatable bonds is 2. The molecule has 0 saturated carbocycles. The SMILES string of the molecule is CC(C)(C)N(c1ccc2oc3ccccc3c2c1)c1cccc2c1oc1ccccc12. The number of hydrogen-bond acceptors (Lipinski definition) is 3. The van der Waals surface area contributed by atoms with Gasteiger partial charge in [-0.1, -0.05) is 48.5 Å². The van der Waals surface area contributed by atoms with Gasteiger partial charge in [0.1, 0.15) is 16.7 Å². The summed E-state index contributed by atoms with van der Waals surface area (Å²) in [5.41, 5.74) is 5.65. The molecule has 0 atom stereocenters. The van der Waals surface area contributed by atoms with Crippen LogP contribution in [0.1, 0.15) is 20.8 Å². The van der Waals surface area contributed by atoms with E-state index in [0.717, 1.165) is 55.3 Å². The number of benzene rings is 4. The second-order valence-electron chi connectivity index (χ2n) is 9.04. The summed E-state index contributed by atoms with van der Waals surface area (Å²) in [6, 6.07) is 29.3. The molecule has 6 rings (SSSR count). The molecule has 4 aromatic carbocycles. The van der Waals surface area contributed by atoms with E-state index in [4.69, 9.17) is 8.83 Å². The van der Waals surface area contributed by atoms with Crippen LogP contribution in [0.15, 0.2) is 93.8 Å². The minimum atomic E-state index is -0.166. The van der Waals surface area contributed by atoms with Crippen LogP contribution in [0.4, 0.5) is 11.4 Å². The van der Waals surface area contributed by atoms with Crippen molar-refractivity contribution in [1.82, 2.24) is 0 Å². The summed E-state index contributed by atoms with van der Waals surface area (Å²) in [5.74, 6) is 0.